The van der Waals surface area contributed by atoms with Gasteiger partial charge in [0.25, 0.3) is 11.7 Å². The number of rotatable bonds is 10. The van der Waals surface area contributed by atoms with Crippen LogP contribution in [0.3, 0.4) is 0 Å². The fourth-order valence-electron chi connectivity index (χ4n) is 5.30. The lowest BCUT2D eigenvalue weighted by atomic mass is 9.96. The van der Waals surface area contributed by atoms with Crippen LogP contribution in [0.15, 0.2) is 85.1 Å². The van der Waals surface area contributed by atoms with Crippen LogP contribution in [0.4, 0.5) is 13.2 Å². The van der Waals surface area contributed by atoms with Crippen molar-refractivity contribution in [2.45, 2.75) is 59.0 Å². The lowest BCUT2D eigenvalue weighted by Gasteiger charge is -2.46. The Balaban J connectivity index is 1.87. The van der Waals surface area contributed by atoms with Gasteiger partial charge in [-0.1, -0.05) is 80.0 Å². The highest BCUT2D eigenvalue weighted by molar-refractivity contribution is 6.30. The van der Waals surface area contributed by atoms with Gasteiger partial charge in [0.2, 0.25) is 11.8 Å². The van der Waals surface area contributed by atoms with Crippen molar-refractivity contribution >= 4 is 40.8 Å². The third-order valence-corrected chi connectivity index (χ3v) is 7.59. The molecule has 0 fully saturated rings. The molecule has 12 heteroatoms. The van der Waals surface area contributed by atoms with Gasteiger partial charge >= 0.3 is 6.18 Å². The molecule has 242 valence electrons. The second-order valence-electron chi connectivity index (χ2n) is 11.2. The highest BCUT2D eigenvalue weighted by Gasteiger charge is 2.51. The molecule has 1 unspecified atom stereocenters. The number of hydrogen-bond donors (Lipinski definition) is 0. The molecular weight excluding hydrogens is 623 g/mol. The van der Waals surface area contributed by atoms with Crippen molar-refractivity contribution in [1.82, 2.24) is 14.9 Å². The monoisotopic (exact) mass is 655 g/mol. The minimum atomic E-state index is -5.33. The number of hydrogen-bond acceptors (Lipinski definition) is 5. The van der Waals surface area contributed by atoms with Gasteiger partial charge in [-0.3, -0.25) is 19.2 Å². The maximum atomic E-state index is 14.3. The van der Waals surface area contributed by atoms with E-state index in [9.17, 15) is 32.3 Å². The first-order valence-corrected chi connectivity index (χ1v) is 14.8. The van der Waals surface area contributed by atoms with Crippen LogP contribution >= 0.6 is 11.6 Å². The van der Waals surface area contributed by atoms with Crippen LogP contribution in [-0.2, 0) is 32.2 Å². The number of halogens is 4. The summed E-state index contributed by atoms with van der Waals surface area (Å²) in [6.45, 7) is 5.70. The summed E-state index contributed by atoms with van der Waals surface area (Å²) < 4.78 is 48.2. The molecule has 0 saturated heterocycles. The van der Waals surface area contributed by atoms with Crippen molar-refractivity contribution in [1.29, 1.82) is 0 Å². The average molecular weight is 656 g/mol. The predicted molar refractivity (Wildman–Crippen MR) is 166 cm³/mol. The molecule has 8 nitrogen and oxygen atoms in total. The van der Waals surface area contributed by atoms with Gasteiger partial charge in [-0.15, -0.1) is 0 Å². The summed E-state index contributed by atoms with van der Waals surface area (Å²) in [5.41, 5.74) is 1.27. The number of carbonyl (C=O) groups is 4. The predicted octanol–water partition coefficient (Wildman–Crippen LogP) is 6.44. The topological polar surface area (TPSA) is 87.2 Å². The van der Waals surface area contributed by atoms with Gasteiger partial charge in [-0.25, -0.2) is 10.0 Å². The van der Waals surface area contributed by atoms with Crippen molar-refractivity contribution in [3.8, 4) is 5.75 Å². The summed E-state index contributed by atoms with van der Waals surface area (Å²) in [7, 11) is 0. The maximum absolute atomic E-state index is 14.3. The van der Waals surface area contributed by atoms with Crippen molar-refractivity contribution in [2.24, 2.45) is 5.92 Å². The van der Waals surface area contributed by atoms with Gasteiger partial charge in [0, 0.05) is 37.1 Å². The first kappa shape index (κ1) is 34.2. The Morgan fingerprint density at radius 3 is 2.17 bits per heavy atom. The van der Waals surface area contributed by atoms with E-state index in [1.165, 1.54) is 36.2 Å². The molecule has 2 atom stereocenters. The molecule has 1 aliphatic heterocycles. The standard InChI is InChI=1S/C34H33ClF3N3O5/c1-21(2)31-33(45)41(40(23(4)43)29(32(44)34(36,37)38)17-24-10-6-5-7-11-24)30(19-39(31)22(3)42)26-13-9-15-28(18-26)46-20-25-12-8-14-27(35)16-25/h5-16,18-19,21,29,31H,17,20H2,1-4H3/t29?,31-/m1/s1. The molecule has 0 radical (unpaired) electrons. The minimum absolute atomic E-state index is 0.0893. The second kappa shape index (κ2) is 14.2. The first-order valence-electron chi connectivity index (χ1n) is 14.5. The number of ketones is 1. The molecule has 0 bridgehead atoms. The number of ether oxygens (including phenoxy) is 1. The van der Waals surface area contributed by atoms with Crippen molar-refractivity contribution in [3.05, 3.63) is 107 Å². The molecule has 1 heterocycles. The van der Waals surface area contributed by atoms with Crippen molar-refractivity contribution in [2.75, 3.05) is 0 Å². The molecule has 0 aromatic heterocycles. The van der Waals surface area contributed by atoms with Crippen LogP contribution in [-0.4, -0.2) is 56.7 Å². The minimum Gasteiger partial charge on any atom is -0.489 e. The fourth-order valence-corrected chi connectivity index (χ4v) is 5.51. The van der Waals surface area contributed by atoms with E-state index in [0.29, 0.717) is 21.3 Å². The number of alkyl halides is 3. The number of carbonyl (C=O) groups excluding carboxylic acids is 4. The molecule has 0 spiro atoms. The summed E-state index contributed by atoms with van der Waals surface area (Å²) in [6.07, 6.45) is -4.54. The number of Topliss-reactive ketones (excluding diaryl/α,β-unsaturated/α-hetero) is 1. The Kier molecular flexibility index (Phi) is 10.6. The quantitative estimate of drug-likeness (QED) is 0.251. The van der Waals surface area contributed by atoms with Gasteiger partial charge < -0.3 is 9.64 Å². The zero-order valence-corrected chi connectivity index (χ0v) is 26.4. The molecule has 4 rings (SSSR count). The normalized spacial score (nSPS) is 15.8. The summed E-state index contributed by atoms with van der Waals surface area (Å²) in [4.78, 5) is 54.7. The highest BCUT2D eigenvalue weighted by atomic mass is 35.5. The van der Waals surface area contributed by atoms with Crippen LogP contribution in [0, 0.1) is 5.92 Å². The molecular formula is C34H33ClF3N3O5. The van der Waals surface area contributed by atoms with Crippen LogP contribution < -0.4 is 4.74 Å². The van der Waals surface area contributed by atoms with Crippen molar-refractivity contribution < 1.29 is 37.1 Å². The summed E-state index contributed by atoms with van der Waals surface area (Å²) in [5.74, 6) is -4.72. The third-order valence-electron chi connectivity index (χ3n) is 7.36. The van der Waals surface area contributed by atoms with Crippen LogP contribution in [0.25, 0.3) is 5.70 Å². The maximum Gasteiger partial charge on any atom is 0.452 e. The zero-order chi connectivity index (χ0) is 33.8. The Bertz CT molecular complexity index is 1640. The van der Waals surface area contributed by atoms with E-state index in [1.54, 1.807) is 68.4 Å². The van der Waals surface area contributed by atoms with E-state index in [2.05, 4.69) is 0 Å². The van der Waals surface area contributed by atoms with Gasteiger partial charge in [0.05, 0.1) is 5.70 Å². The summed E-state index contributed by atoms with van der Waals surface area (Å²) in [5, 5.41) is 1.88. The summed E-state index contributed by atoms with van der Waals surface area (Å²) in [6, 6.07) is 17.9. The van der Waals surface area contributed by atoms with Crippen LogP contribution in [0.5, 0.6) is 5.75 Å². The Morgan fingerprint density at radius 2 is 1.59 bits per heavy atom. The van der Waals surface area contributed by atoms with E-state index < -0.39 is 54.1 Å². The van der Waals surface area contributed by atoms with Crippen LogP contribution in [0.2, 0.25) is 5.02 Å². The average Bonchev–Trinajstić information content (AvgIpc) is 2.99. The Labute approximate surface area is 269 Å². The van der Waals surface area contributed by atoms with E-state index in [-0.39, 0.29) is 17.9 Å². The zero-order valence-electron chi connectivity index (χ0n) is 25.6. The molecule has 46 heavy (non-hydrogen) atoms. The smallest absolute Gasteiger partial charge is 0.452 e. The Hall–Kier alpha value is -4.64. The van der Waals surface area contributed by atoms with Crippen molar-refractivity contribution in [3.63, 3.8) is 0 Å². The molecule has 0 saturated carbocycles. The summed E-state index contributed by atoms with van der Waals surface area (Å²) >= 11 is 6.08. The highest BCUT2D eigenvalue weighted by Crippen LogP contribution is 2.35. The molecule has 0 N–H and O–H groups in total. The molecule has 0 aliphatic carbocycles. The van der Waals surface area contributed by atoms with E-state index in [4.69, 9.17) is 16.3 Å². The van der Waals surface area contributed by atoms with Gasteiger partial charge in [-0.05, 0) is 41.3 Å². The lowest BCUT2D eigenvalue weighted by Crippen LogP contribution is -2.64. The molecule has 1 aliphatic rings. The molecule has 3 aromatic carbocycles. The SMILES string of the molecule is CC(=O)N1C=C(c2cccc(OCc3cccc(Cl)c3)c2)N(N(C(C)=O)C(Cc2ccccc2)C(=O)C(F)(F)F)C(=O)[C@H]1C(C)C. The third kappa shape index (κ3) is 7.77. The Morgan fingerprint density at radius 1 is 0.935 bits per heavy atom. The number of nitrogens with zero attached hydrogens (tertiary/aromatic N) is 3. The van der Waals surface area contributed by atoms with Gasteiger partial charge in [0.1, 0.15) is 24.4 Å². The number of hydrazine groups is 1. The molecule has 3 aromatic rings. The molecule has 3 amide bonds. The van der Waals surface area contributed by atoms with Gasteiger partial charge in [-0.2, -0.15) is 13.2 Å². The lowest BCUT2D eigenvalue weighted by molar-refractivity contribution is -0.187. The van der Waals surface area contributed by atoms with E-state index in [0.717, 1.165) is 17.5 Å². The second-order valence-corrected chi connectivity index (χ2v) is 11.6. The van der Waals surface area contributed by atoms with E-state index >= 15 is 0 Å². The number of benzene rings is 3. The fraction of sp³-hybridized carbons (Fsp3) is 0.294. The van der Waals surface area contributed by atoms with Crippen LogP contribution in [0.1, 0.15) is 44.4 Å². The van der Waals surface area contributed by atoms with E-state index in [1.807, 2.05) is 6.07 Å². The largest absolute Gasteiger partial charge is 0.489 e. The number of amides is 3. The van der Waals surface area contributed by atoms with Gasteiger partial charge in [0.15, 0.2) is 0 Å². The first-order chi connectivity index (χ1) is 21.7.